The zero-order chi connectivity index (χ0) is 20.2. The molecule has 29 heavy (non-hydrogen) atoms. The predicted octanol–water partition coefficient (Wildman–Crippen LogP) is -0.162. The molecule has 3 aliphatic rings. The minimum absolute atomic E-state index is 0.0212. The highest BCUT2D eigenvalue weighted by atomic mass is 16.5. The topological polar surface area (TPSA) is 105 Å². The van der Waals surface area contributed by atoms with Crippen molar-refractivity contribution in [3.05, 3.63) is 69.0 Å². The normalized spacial score (nSPS) is 27.9. The van der Waals surface area contributed by atoms with Crippen LogP contribution in [0.15, 0.2) is 52.2 Å². The van der Waals surface area contributed by atoms with Crippen LogP contribution in [0.4, 0.5) is 0 Å². The van der Waals surface area contributed by atoms with Crippen LogP contribution >= 0.6 is 0 Å². The van der Waals surface area contributed by atoms with Crippen LogP contribution in [0.5, 0.6) is 0 Å². The molecule has 0 radical (unpaired) electrons. The number of aromatic amines is 1. The van der Waals surface area contributed by atoms with E-state index in [2.05, 4.69) is 4.98 Å². The molecule has 1 aromatic heterocycles. The Bertz CT molecular complexity index is 1090. The third-order valence-electron chi connectivity index (χ3n) is 6.12. The van der Waals surface area contributed by atoms with E-state index in [1.54, 1.807) is 9.80 Å². The second-order valence-corrected chi connectivity index (χ2v) is 7.66. The number of benzene rings is 1. The summed E-state index contributed by atoms with van der Waals surface area (Å²) < 4.78 is 7.58. The number of likely N-dealkylation sites (tertiary alicyclic amines) is 1. The second-order valence-electron chi connectivity index (χ2n) is 7.66. The molecule has 3 saturated heterocycles. The minimum Gasteiger partial charge on any atom is -0.343 e. The fraction of sp³-hybridized carbons (Fsp3) is 0.400. The Morgan fingerprint density at radius 1 is 1.17 bits per heavy atom. The smallest absolute Gasteiger partial charge is 0.328 e. The van der Waals surface area contributed by atoms with E-state index in [1.807, 2.05) is 30.3 Å². The number of rotatable bonds is 3. The van der Waals surface area contributed by atoms with Crippen molar-refractivity contribution in [2.45, 2.75) is 37.3 Å². The van der Waals surface area contributed by atoms with Gasteiger partial charge in [0, 0.05) is 25.2 Å². The van der Waals surface area contributed by atoms with E-state index in [0.29, 0.717) is 19.5 Å². The fourth-order valence-electron chi connectivity index (χ4n) is 4.77. The molecule has 0 unspecified atom stereocenters. The van der Waals surface area contributed by atoms with Crippen LogP contribution in [0.2, 0.25) is 0 Å². The SMILES string of the molecule is O=C(Cn1ccc(=O)[nH]c1=O)N1CC[C@@]23O[C@H](c4ccccc4)CN2C(=O)C[C@@H]13. The van der Waals surface area contributed by atoms with E-state index in [4.69, 9.17) is 4.74 Å². The maximum Gasteiger partial charge on any atom is 0.328 e. The molecule has 0 bridgehead atoms. The number of hydrogen-bond acceptors (Lipinski definition) is 5. The monoisotopic (exact) mass is 396 g/mol. The molecule has 2 aromatic rings. The first kappa shape index (κ1) is 17.9. The van der Waals surface area contributed by atoms with Crippen molar-refractivity contribution in [1.82, 2.24) is 19.4 Å². The number of aromatic nitrogens is 2. The molecule has 150 valence electrons. The number of nitrogens with one attached hydrogen (secondary N) is 1. The summed E-state index contributed by atoms with van der Waals surface area (Å²) in [6.45, 7) is 0.728. The van der Waals surface area contributed by atoms with E-state index in [0.717, 1.165) is 10.1 Å². The minimum atomic E-state index is -0.802. The van der Waals surface area contributed by atoms with Crippen LogP contribution in [-0.2, 0) is 20.9 Å². The largest absolute Gasteiger partial charge is 0.343 e. The number of hydrogen-bond donors (Lipinski definition) is 1. The summed E-state index contributed by atoms with van der Waals surface area (Å²) in [7, 11) is 0. The highest BCUT2D eigenvalue weighted by Gasteiger charge is 2.64. The van der Waals surface area contributed by atoms with Crippen LogP contribution in [0.25, 0.3) is 0 Å². The van der Waals surface area contributed by atoms with Crippen LogP contribution in [-0.4, -0.2) is 56.0 Å². The zero-order valence-electron chi connectivity index (χ0n) is 15.6. The number of nitrogens with zero attached hydrogens (tertiary/aromatic N) is 3. The summed E-state index contributed by atoms with van der Waals surface area (Å²) in [5.41, 5.74) is -0.942. The maximum absolute atomic E-state index is 12.9. The summed E-state index contributed by atoms with van der Waals surface area (Å²) in [6, 6.07) is 10.6. The van der Waals surface area contributed by atoms with Crippen molar-refractivity contribution in [3.8, 4) is 0 Å². The zero-order valence-corrected chi connectivity index (χ0v) is 15.6. The van der Waals surface area contributed by atoms with E-state index < -0.39 is 17.0 Å². The standard InChI is InChI=1S/C20H20N4O5/c25-16-6-8-22(19(28)21-16)12-18(27)23-9-7-20-15(23)10-17(26)24(20)11-14(29-20)13-4-2-1-3-5-13/h1-6,8,14-15H,7,9-12H2,(H,21,25,28)/t14-,15+,20-/m0/s1. The quantitative estimate of drug-likeness (QED) is 0.776. The molecule has 1 N–H and O–H groups in total. The van der Waals surface area contributed by atoms with E-state index in [-0.39, 0.29) is 36.9 Å². The molecule has 1 spiro atoms. The molecule has 3 fully saturated rings. The molecular weight excluding hydrogens is 376 g/mol. The van der Waals surface area contributed by atoms with Gasteiger partial charge in [0.2, 0.25) is 11.8 Å². The van der Waals surface area contributed by atoms with Gasteiger partial charge >= 0.3 is 5.69 Å². The van der Waals surface area contributed by atoms with Crippen LogP contribution in [0.1, 0.15) is 24.5 Å². The van der Waals surface area contributed by atoms with Gasteiger partial charge in [-0.15, -0.1) is 0 Å². The van der Waals surface area contributed by atoms with Gasteiger partial charge in [-0.25, -0.2) is 4.79 Å². The number of amides is 2. The fourth-order valence-corrected chi connectivity index (χ4v) is 4.77. The molecular formula is C20H20N4O5. The Balaban J connectivity index is 1.39. The lowest BCUT2D eigenvalue weighted by Crippen LogP contribution is -2.49. The summed E-state index contributed by atoms with van der Waals surface area (Å²) in [6.07, 6.45) is 1.83. The third kappa shape index (κ3) is 2.72. The van der Waals surface area contributed by atoms with Gasteiger partial charge in [-0.1, -0.05) is 30.3 Å². The Kier molecular flexibility index (Phi) is 3.95. The molecule has 0 saturated carbocycles. The summed E-state index contributed by atoms with van der Waals surface area (Å²) in [5, 5.41) is 0. The first-order chi connectivity index (χ1) is 14.0. The summed E-state index contributed by atoms with van der Waals surface area (Å²) in [5.74, 6) is -0.297. The third-order valence-corrected chi connectivity index (χ3v) is 6.12. The molecule has 2 amide bonds. The molecule has 5 rings (SSSR count). The first-order valence-electron chi connectivity index (χ1n) is 9.60. The van der Waals surface area contributed by atoms with Crippen molar-refractivity contribution in [2.24, 2.45) is 0 Å². The van der Waals surface area contributed by atoms with Gasteiger partial charge in [-0.3, -0.25) is 23.9 Å². The van der Waals surface area contributed by atoms with Crippen LogP contribution in [0.3, 0.4) is 0 Å². The van der Waals surface area contributed by atoms with Crippen molar-refractivity contribution in [1.29, 1.82) is 0 Å². The van der Waals surface area contributed by atoms with E-state index >= 15 is 0 Å². The molecule has 3 atom stereocenters. The lowest BCUT2D eigenvalue weighted by atomic mass is 10.1. The Morgan fingerprint density at radius 2 is 1.97 bits per heavy atom. The predicted molar refractivity (Wildman–Crippen MR) is 101 cm³/mol. The Morgan fingerprint density at radius 3 is 2.72 bits per heavy atom. The molecule has 0 aliphatic carbocycles. The summed E-state index contributed by atoms with van der Waals surface area (Å²) in [4.78, 5) is 54.3. The van der Waals surface area contributed by atoms with Crippen molar-refractivity contribution in [2.75, 3.05) is 13.1 Å². The number of H-pyrrole nitrogens is 1. The van der Waals surface area contributed by atoms with Crippen molar-refractivity contribution >= 4 is 11.8 Å². The highest BCUT2D eigenvalue weighted by molar-refractivity contribution is 5.84. The molecule has 3 aliphatic heterocycles. The van der Waals surface area contributed by atoms with Gasteiger partial charge in [0.1, 0.15) is 12.6 Å². The average molecular weight is 396 g/mol. The molecule has 1 aromatic carbocycles. The van der Waals surface area contributed by atoms with Crippen molar-refractivity contribution in [3.63, 3.8) is 0 Å². The second kappa shape index (κ2) is 6.41. The Labute approximate surface area is 165 Å². The Hall–Kier alpha value is -3.20. The molecule has 9 nitrogen and oxygen atoms in total. The number of ether oxygens (including phenoxy) is 1. The van der Waals surface area contributed by atoms with E-state index in [9.17, 15) is 19.2 Å². The number of carbonyl (C=O) groups excluding carboxylic acids is 2. The van der Waals surface area contributed by atoms with Gasteiger partial charge in [-0.05, 0) is 5.56 Å². The van der Waals surface area contributed by atoms with Gasteiger partial charge in [0.15, 0.2) is 5.72 Å². The van der Waals surface area contributed by atoms with Gasteiger partial charge in [-0.2, -0.15) is 0 Å². The van der Waals surface area contributed by atoms with Gasteiger partial charge < -0.3 is 14.5 Å². The lowest BCUT2D eigenvalue weighted by molar-refractivity contribution is -0.143. The first-order valence-corrected chi connectivity index (χ1v) is 9.60. The van der Waals surface area contributed by atoms with E-state index in [1.165, 1.54) is 12.3 Å². The highest BCUT2D eigenvalue weighted by Crippen LogP contribution is 2.50. The van der Waals surface area contributed by atoms with Gasteiger partial charge in [0.05, 0.1) is 19.0 Å². The van der Waals surface area contributed by atoms with Crippen LogP contribution in [0, 0.1) is 0 Å². The molecule has 4 heterocycles. The van der Waals surface area contributed by atoms with Crippen molar-refractivity contribution < 1.29 is 14.3 Å². The lowest BCUT2D eigenvalue weighted by Gasteiger charge is -2.32. The maximum atomic E-state index is 12.9. The average Bonchev–Trinajstić information content (AvgIpc) is 3.33. The summed E-state index contributed by atoms with van der Waals surface area (Å²) >= 11 is 0. The molecule has 9 heteroatoms. The number of carbonyl (C=O) groups is 2. The van der Waals surface area contributed by atoms with Crippen LogP contribution < -0.4 is 11.2 Å². The van der Waals surface area contributed by atoms with Gasteiger partial charge in [0.25, 0.3) is 5.56 Å².